The Balaban J connectivity index is 1.41. The number of morpholine rings is 1. The monoisotopic (exact) mass is 387 g/mol. The average molecular weight is 387 g/mol. The van der Waals surface area contributed by atoms with E-state index in [-0.39, 0.29) is 6.04 Å². The zero-order chi connectivity index (χ0) is 19.3. The van der Waals surface area contributed by atoms with Gasteiger partial charge in [0, 0.05) is 44.5 Å². The average Bonchev–Trinajstić information content (AvgIpc) is 3.22. The third-order valence-electron chi connectivity index (χ3n) is 4.86. The summed E-state index contributed by atoms with van der Waals surface area (Å²) < 4.78 is 15.8. The maximum atomic E-state index is 5.40. The van der Waals surface area contributed by atoms with Crippen LogP contribution in [0, 0.1) is 0 Å². The van der Waals surface area contributed by atoms with Crippen LogP contribution in [0.2, 0.25) is 0 Å². The van der Waals surface area contributed by atoms with Gasteiger partial charge in [-0.3, -0.25) is 0 Å². The second-order valence-electron chi connectivity index (χ2n) is 6.67. The predicted octanol–water partition coefficient (Wildman–Crippen LogP) is 0.811. The number of aromatic nitrogens is 4. The summed E-state index contributed by atoms with van der Waals surface area (Å²) in [6.07, 6.45) is 2.78. The molecular formula is C18H25N7O3. The largest absolute Gasteiger partial charge is 0.481 e. The summed E-state index contributed by atoms with van der Waals surface area (Å²) in [5, 5.41) is 3.52. The van der Waals surface area contributed by atoms with Crippen LogP contribution in [-0.4, -0.2) is 79.6 Å². The fourth-order valence-corrected chi connectivity index (χ4v) is 3.39. The molecule has 2 aromatic heterocycles. The van der Waals surface area contributed by atoms with Crippen molar-refractivity contribution in [1.29, 1.82) is 0 Å². The minimum absolute atomic E-state index is 0.263. The first kappa shape index (κ1) is 18.5. The maximum Gasteiger partial charge on any atom is 0.321 e. The molecule has 0 saturated carbocycles. The number of nitrogens with zero attached hydrogens (tertiary/aromatic N) is 6. The number of hydrogen-bond acceptors (Lipinski definition) is 10. The second-order valence-corrected chi connectivity index (χ2v) is 6.67. The summed E-state index contributed by atoms with van der Waals surface area (Å²) in [6, 6.07) is 4.30. The van der Waals surface area contributed by atoms with Gasteiger partial charge in [-0.2, -0.15) is 15.0 Å². The lowest BCUT2D eigenvalue weighted by Gasteiger charge is -2.27. The van der Waals surface area contributed by atoms with Gasteiger partial charge in [0.25, 0.3) is 0 Å². The Labute approximate surface area is 163 Å². The molecule has 0 radical (unpaired) electrons. The lowest BCUT2D eigenvalue weighted by molar-refractivity contribution is 0.122. The summed E-state index contributed by atoms with van der Waals surface area (Å²) in [5.41, 5.74) is 0. The summed E-state index contributed by atoms with van der Waals surface area (Å²) >= 11 is 0. The highest BCUT2D eigenvalue weighted by Crippen LogP contribution is 2.25. The third-order valence-corrected chi connectivity index (χ3v) is 4.86. The molecule has 0 spiro atoms. The zero-order valence-electron chi connectivity index (χ0n) is 16.2. The smallest absolute Gasteiger partial charge is 0.321 e. The second kappa shape index (κ2) is 8.42. The Morgan fingerprint density at radius 2 is 1.93 bits per heavy atom. The lowest BCUT2D eigenvalue weighted by atomic mass is 10.2. The van der Waals surface area contributed by atoms with Gasteiger partial charge in [-0.05, 0) is 12.5 Å². The minimum Gasteiger partial charge on any atom is -0.481 e. The van der Waals surface area contributed by atoms with Crippen molar-refractivity contribution in [1.82, 2.24) is 19.9 Å². The number of methoxy groups -OCH3 is 2. The molecule has 2 aromatic rings. The number of hydrogen-bond donors (Lipinski definition) is 1. The first-order valence-corrected chi connectivity index (χ1v) is 9.39. The van der Waals surface area contributed by atoms with Crippen molar-refractivity contribution in [2.24, 2.45) is 0 Å². The molecule has 0 bridgehead atoms. The normalized spacial score (nSPS) is 19.6. The van der Waals surface area contributed by atoms with Gasteiger partial charge in [-0.1, -0.05) is 0 Å². The van der Waals surface area contributed by atoms with Gasteiger partial charge < -0.3 is 29.3 Å². The molecule has 0 amide bonds. The van der Waals surface area contributed by atoms with E-state index in [0.717, 1.165) is 50.2 Å². The Hall–Kier alpha value is -2.88. The van der Waals surface area contributed by atoms with Crippen LogP contribution in [-0.2, 0) is 4.74 Å². The van der Waals surface area contributed by atoms with E-state index in [0.29, 0.717) is 25.1 Å². The van der Waals surface area contributed by atoms with Gasteiger partial charge in [0.1, 0.15) is 11.6 Å². The summed E-state index contributed by atoms with van der Waals surface area (Å²) in [5.74, 6) is 2.86. The van der Waals surface area contributed by atoms with Crippen molar-refractivity contribution in [2.45, 2.75) is 12.5 Å². The molecule has 1 unspecified atom stereocenters. The summed E-state index contributed by atoms with van der Waals surface area (Å²) in [4.78, 5) is 22.0. The van der Waals surface area contributed by atoms with Crippen molar-refractivity contribution >= 4 is 17.6 Å². The van der Waals surface area contributed by atoms with E-state index < -0.39 is 0 Å². The Kier molecular flexibility index (Phi) is 5.56. The molecular weight excluding hydrogens is 362 g/mol. The van der Waals surface area contributed by atoms with E-state index >= 15 is 0 Å². The molecule has 2 aliphatic heterocycles. The van der Waals surface area contributed by atoms with Crippen molar-refractivity contribution in [3.05, 3.63) is 18.3 Å². The highest BCUT2D eigenvalue weighted by atomic mass is 16.5. The molecule has 1 atom stereocenters. The molecule has 10 nitrogen and oxygen atoms in total. The van der Waals surface area contributed by atoms with Crippen molar-refractivity contribution in [3.8, 4) is 11.9 Å². The Morgan fingerprint density at radius 3 is 2.71 bits per heavy atom. The van der Waals surface area contributed by atoms with Crippen LogP contribution in [0.25, 0.3) is 0 Å². The summed E-state index contributed by atoms with van der Waals surface area (Å²) in [6.45, 7) is 4.74. The van der Waals surface area contributed by atoms with E-state index in [1.165, 1.54) is 0 Å². The topological polar surface area (TPSA) is 97.8 Å². The Bertz CT molecular complexity index is 778. The van der Waals surface area contributed by atoms with Gasteiger partial charge in [0.15, 0.2) is 0 Å². The molecule has 150 valence electrons. The van der Waals surface area contributed by atoms with E-state index in [9.17, 15) is 0 Å². The lowest BCUT2D eigenvalue weighted by Crippen LogP contribution is -2.37. The SMILES string of the molecule is COc1cc(N2CCC(Nc3ccnc(N4CCOCC4)n3)C2)nc(OC)n1. The van der Waals surface area contributed by atoms with Gasteiger partial charge in [0.05, 0.1) is 27.4 Å². The van der Waals surface area contributed by atoms with Crippen LogP contribution >= 0.6 is 0 Å². The molecule has 10 heteroatoms. The highest BCUT2D eigenvalue weighted by Gasteiger charge is 2.25. The molecule has 1 N–H and O–H groups in total. The van der Waals surface area contributed by atoms with E-state index in [4.69, 9.17) is 14.2 Å². The van der Waals surface area contributed by atoms with Crippen LogP contribution in [0.5, 0.6) is 11.9 Å². The molecule has 0 aliphatic carbocycles. The van der Waals surface area contributed by atoms with Crippen molar-refractivity contribution < 1.29 is 14.2 Å². The molecule has 28 heavy (non-hydrogen) atoms. The van der Waals surface area contributed by atoms with Crippen LogP contribution in [0.15, 0.2) is 18.3 Å². The van der Waals surface area contributed by atoms with Crippen LogP contribution < -0.4 is 24.6 Å². The third kappa shape index (κ3) is 4.16. The number of anilines is 3. The molecule has 0 aromatic carbocycles. The van der Waals surface area contributed by atoms with Crippen molar-refractivity contribution in [3.63, 3.8) is 0 Å². The van der Waals surface area contributed by atoms with Gasteiger partial charge >= 0.3 is 6.01 Å². The fourth-order valence-electron chi connectivity index (χ4n) is 3.39. The van der Waals surface area contributed by atoms with Crippen LogP contribution in [0.4, 0.5) is 17.6 Å². The van der Waals surface area contributed by atoms with E-state index in [1.807, 2.05) is 12.1 Å². The van der Waals surface area contributed by atoms with E-state index in [2.05, 4.69) is 35.1 Å². The highest BCUT2D eigenvalue weighted by molar-refractivity contribution is 5.47. The summed E-state index contributed by atoms with van der Waals surface area (Å²) in [7, 11) is 3.13. The first-order valence-electron chi connectivity index (χ1n) is 9.39. The van der Waals surface area contributed by atoms with Gasteiger partial charge in [-0.15, -0.1) is 0 Å². The first-order chi connectivity index (χ1) is 13.7. The van der Waals surface area contributed by atoms with Crippen molar-refractivity contribution in [2.75, 3.05) is 68.7 Å². The molecule has 2 aliphatic rings. The molecule has 4 rings (SSSR count). The quantitative estimate of drug-likeness (QED) is 0.767. The molecule has 2 saturated heterocycles. The Morgan fingerprint density at radius 1 is 1.07 bits per heavy atom. The predicted molar refractivity (Wildman–Crippen MR) is 104 cm³/mol. The van der Waals surface area contributed by atoms with Crippen LogP contribution in [0.1, 0.15) is 6.42 Å². The van der Waals surface area contributed by atoms with Crippen LogP contribution in [0.3, 0.4) is 0 Å². The fraction of sp³-hybridized carbons (Fsp3) is 0.556. The number of rotatable bonds is 6. The number of nitrogens with one attached hydrogen (secondary N) is 1. The van der Waals surface area contributed by atoms with Gasteiger partial charge in [-0.25, -0.2) is 4.98 Å². The molecule has 2 fully saturated rings. The van der Waals surface area contributed by atoms with E-state index in [1.54, 1.807) is 20.4 Å². The zero-order valence-corrected chi connectivity index (χ0v) is 16.2. The van der Waals surface area contributed by atoms with Gasteiger partial charge in [0.2, 0.25) is 11.8 Å². The minimum atomic E-state index is 0.263. The standard InChI is InChI=1S/C18H25N7O3/c1-26-16-11-15(22-18(23-16)27-2)25-6-4-13(12-25)20-14-3-5-19-17(21-14)24-7-9-28-10-8-24/h3,5,11,13H,4,6-10,12H2,1-2H3,(H,19,20,21). The molecule has 4 heterocycles. The maximum absolute atomic E-state index is 5.40. The number of ether oxygens (including phenoxy) is 3.